The first kappa shape index (κ1) is 12.6. The Kier molecular flexibility index (Phi) is 3.51. The summed E-state index contributed by atoms with van der Waals surface area (Å²) in [4.78, 5) is 18.9. The Morgan fingerprint density at radius 1 is 1.37 bits per heavy atom. The van der Waals surface area contributed by atoms with Crippen molar-refractivity contribution >= 4 is 32.7 Å². The van der Waals surface area contributed by atoms with Crippen LogP contribution in [0.4, 0.5) is 0 Å². The molecular weight excluding hydrogens is 304 g/mol. The van der Waals surface area contributed by atoms with Gasteiger partial charge in [-0.2, -0.15) is 0 Å². The van der Waals surface area contributed by atoms with E-state index in [-0.39, 0.29) is 5.91 Å². The maximum Gasteiger partial charge on any atom is 0.254 e. The monoisotopic (exact) mass is 318 g/mol. The van der Waals surface area contributed by atoms with E-state index in [1.807, 2.05) is 35.2 Å². The van der Waals surface area contributed by atoms with Crippen molar-refractivity contribution in [3.8, 4) is 0 Å². The Morgan fingerprint density at radius 2 is 2.26 bits per heavy atom. The molecule has 1 atom stereocenters. The van der Waals surface area contributed by atoms with Crippen LogP contribution in [0.15, 0.2) is 36.5 Å². The van der Waals surface area contributed by atoms with E-state index >= 15 is 0 Å². The molecule has 3 nitrogen and oxygen atoms in total. The van der Waals surface area contributed by atoms with Gasteiger partial charge < -0.3 is 4.90 Å². The first-order valence-electron chi connectivity index (χ1n) is 6.48. The third kappa shape index (κ3) is 2.37. The maximum atomic E-state index is 12.6. The van der Waals surface area contributed by atoms with Crippen LogP contribution >= 0.6 is 15.9 Å². The van der Waals surface area contributed by atoms with Gasteiger partial charge in [-0.3, -0.25) is 9.78 Å². The largest absolute Gasteiger partial charge is 0.338 e. The van der Waals surface area contributed by atoms with E-state index in [1.165, 1.54) is 0 Å². The van der Waals surface area contributed by atoms with Gasteiger partial charge in [0.15, 0.2) is 0 Å². The number of halogens is 1. The van der Waals surface area contributed by atoms with E-state index in [0.29, 0.717) is 5.92 Å². The van der Waals surface area contributed by atoms with Crippen molar-refractivity contribution in [1.82, 2.24) is 9.88 Å². The summed E-state index contributed by atoms with van der Waals surface area (Å²) < 4.78 is 0. The Labute approximate surface area is 120 Å². The summed E-state index contributed by atoms with van der Waals surface area (Å²) in [6.07, 6.45) is 2.84. The number of nitrogens with zero attached hydrogens (tertiary/aromatic N) is 2. The molecule has 4 heteroatoms. The summed E-state index contributed by atoms with van der Waals surface area (Å²) in [7, 11) is 0. The summed E-state index contributed by atoms with van der Waals surface area (Å²) in [5.74, 6) is 0.708. The predicted molar refractivity (Wildman–Crippen MR) is 79.5 cm³/mol. The number of carbonyl (C=O) groups excluding carboxylic acids is 1. The topological polar surface area (TPSA) is 33.2 Å². The minimum atomic E-state index is 0.127. The molecule has 1 aromatic carbocycles. The second-order valence-corrected chi connectivity index (χ2v) is 5.58. The lowest BCUT2D eigenvalue weighted by Gasteiger charge is -2.17. The van der Waals surface area contributed by atoms with Crippen LogP contribution < -0.4 is 0 Å². The Morgan fingerprint density at radius 3 is 3.05 bits per heavy atom. The number of fused-ring (bicyclic) bond motifs is 1. The molecule has 3 rings (SSSR count). The smallest absolute Gasteiger partial charge is 0.254 e. The van der Waals surface area contributed by atoms with Crippen molar-refractivity contribution in [2.75, 3.05) is 18.4 Å². The van der Waals surface area contributed by atoms with Crippen LogP contribution in [0.5, 0.6) is 0 Å². The summed E-state index contributed by atoms with van der Waals surface area (Å²) in [6, 6.07) is 9.59. The maximum absolute atomic E-state index is 12.6. The van der Waals surface area contributed by atoms with E-state index in [1.54, 1.807) is 6.20 Å². The third-order valence-corrected chi connectivity index (χ3v) is 4.58. The minimum absolute atomic E-state index is 0.127. The average molecular weight is 319 g/mol. The van der Waals surface area contributed by atoms with Crippen molar-refractivity contribution < 1.29 is 4.79 Å². The molecular formula is C15H15BrN2O. The number of likely N-dealkylation sites (tertiary alicyclic amines) is 1. The molecule has 0 radical (unpaired) electrons. The summed E-state index contributed by atoms with van der Waals surface area (Å²) in [5.41, 5.74) is 1.64. The van der Waals surface area contributed by atoms with E-state index in [0.717, 1.165) is 41.3 Å². The fourth-order valence-corrected chi connectivity index (χ4v) is 3.13. The number of aromatic nitrogens is 1. The molecule has 1 unspecified atom stereocenters. The van der Waals surface area contributed by atoms with Crippen LogP contribution in [-0.2, 0) is 0 Å². The first-order chi connectivity index (χ1) is 9.29. The van der Waals surface area contributed by atoms with Gasteiger partial charge in [0.25, 0.3) is 5.91 Å². The fraction of sp³-hybridized carbons (Fsp3) is 0.333. The van der Waals surface area contributed by atoms with Crippen LogP contribution in [0.2, 0.25) is 0 Å². The minimum Gasteiger partial charge on any atom is -0.338 e. The molecule has 1 aromatic heterocycles. The van der Waals surface area contributed by atoms with Crippen LogP contribution in [0, 0.1) is 5.92 Å². The zero-order valence-corrected chi connectivity index (χ0v) is 12.1. The lowest BCUT2D eigenvalue weighted by atomic mass is 10.1. The number of amides is 1. The van der Waals surface area contributed by atoms with Crippen molar-refractivity contribution in [3.63, 3.8) is 0 Å². The van der Waals surface area contributed by atoms with Gasteiger partial charge in [-0.05, 0) is 30.5 Å². The molecule has 1 aliphatic rings. The SMILES string of the molecule is O=C(c1cccc2ncccc12)N1CCC(CBr)C1. The lowest BCUT2D eigenvalue weighted by Crippen LogP contribution is -2.29. The molecule has 1 saturated heterocycles. The van der Waals surface area contributed by atoms with Crippen LogP contribution in [-0.4, -0.2) is 34.2 Å². The number of pyridine rings is 1. The molecule has 2 aromatic rings. The van der Waals surface area contributed by atoms with Crippen LogP contribution in [0.3, 0.4) is 0 Å². The van der Waals surface area contributed by atoms with Crippen molar-refractivity contribution in [1.29, 1.82) is 0 Å². The molecule has 0 N–H and O–H groups in total. The molecule has 0 aliphatic carbocycles. The van der Waals surface area contributed by atoms with Crippen molar-refractivity contribution in [3.05, 3.63) is 42.1 Å². The van der Waals surface area contributed by atoms with E-state index < -0.39 is 0 Å². The molecule has 1 fully saturated rings. The first-order valence-corrected chi connectivity index (χ1v) is 7.60. The number of rotatable bonds is 2. The molecule has 0 spiro atoms. The third-order valence-electron chi connectivity index (χ3n) is 3.67. The zero-order chi connectivity index (χ0) is 13.2. The molecule has 98 valence electrons. The van der Waals surface area contributed by atoms with Gasteiger partial charge in [0.2, 0.25) is 0 Å². The average Bonchev–Trinajstić information content (AvgIpc) is 2.95. The van der Waals surface area contributed by atoms with E-state index in [2.05, 4.69) is 20.9 Å². The second-order valence-electron chi connectivity index (χ2n) is 4.94. The van der Waals surface area contributed by atoms with Gasteiger partial charge in [-0.25, -0.2) is 0 Å². The van der Waals surface area contributed by atoms with Gasteiger partial charge in [0.1, 0.15) is 0 Å². The van der Waals surface area contributed by atoms with Crippen molar-refractivity contribution in [2.24, 2.45) is 5.92 Å². The lowest BCUT2D eigenvalue weighted by molar-refractivity contribution is 0.0790. The Hall–Kier alpha value is -1.42. The Bertz CT molecular complexity index is 609. The number of hydrogen-bond acceptors (Lipinski definition) is 2. The normalized spacial score (nSPS) is 19.0. The van der Waals surface area contributed by atoms with Crippen LogP contribution in [0.1, 0.15) is 16.8 Å². The zero-order valence-electron chi connectivity index (χ0n) is 10.6. The van der Waals surface area contributed by atoms with Gasteiger partial charge in [0.05, 0.1) is 5.52 Å². The van der Waals surface area contributed by atoms with Crippen molar-refractivity contribution in [2.45, 2.75) is 6.42 Å². The highest BCUT2D eigenvalue weighted by molar-refractivity contribution is 9.09. The van der Waals surface area contributed by atoms with Crippen LogP contribution in [0.25, 0.3) is 10.9 Å². The molecule has 0 bridgehead atoms. The van der Waals surface area contributed by atoms with Gasteiger partial charge in [-0.1, -0.05) is 28.1 Å². The molecule has 1 amide bonds. The van der Waals surface area contributed by atoms with Gasteiger partial charge in [0, 0.05) is 35.6 Å². The van der Waals surface area contributed by atoms with E-state index in [4.69, 9.17) is 0 Å². The second kappa shape index (κ2) is 5.29. The highest BCUT2D eigenvalue weighted by Gasteiger charge is 2.26. The standard InChI is InChI=1S/C15H15BrN2O/c16-9-11-6-8-18(10-11)15(19)13-3-1-5-14-12(13)4-2-7-17-14/h1-5,7,11H,6,8-10H2. The predicted octanol–water partition coefficient (Wildman–Crippen LogP) is 3.09. The van der Waals surface area contributed by atoms with Gasteiger partial charge in [-0.15, -0.1) is 0 Å². The summed E-state index contributed by atoms with van der Waals surface area (Å²) in [5, 5.41) is 1.91. The molecule has 19 heavy (non-hydrogen) atoms. The number of alkyl halides is 1. The summed E-state index contributed by atoms with van der Waals surface area (Å²) in [6.45, 7) is 1.70. The highest BCUT2D eigenvalue weighted by atomic mass is 79.9. The highest BCUT2D eigenvalue weighted by Crippen LogP contribution is 2.23. The van der Waals surface area contributed by atoms with E-state index in [9.17, 15) is 4.79 Å². The quantitative estimate of drug-likeness (QED) is 0.797. The molecule has 0 saturated carbocycles. The fourth-order valence-electron chi connectivity index (χ4n) is 2.60. The number of carbonyl (C=O) groups is 1. The number of benzene rings is 1. The van der Waals surface area contributed by atoms with Gasteiger partial charge >= 0.3 is 0 Å². The summed E-state index contributed by atoms with van der Waals surface area (Å²) >= 11 is 3.50. The molecule has 1 aliphatic heterocycles. The number of hydrogen-bond donors (Lipinski definition) is 0. The molecule has 2 heterocycles. The Balaban J connectivity index is 1.94.